The van der Waals surface area contributed by atoms with Gasteiger partial charge in [0.2, 0.25) is 5.91 Å². The summed E-state index contributed by atoms with van der Waals surface area (Å²) in [4.78, 5) is 34.8. The number of piperazine rings is 1. The van der Waals surface area contributed by atoms with E-state index >= 15 is 0 Å². The molecule has 2 atom stereocenters. The number of anilines is 1. The fourth-order valence-electron chi connectivity index (χ4n) is 5.29. The van der Waals surface area contributed by atoms with Gasteiger partial charge < -0.3 is 0 Å². The van der Waals surface area contributed by atoms with Crippen molar-refractivity contribution in [1.82, 2.24) is 29.7 Å². The molecule has 3 aromatic heterocycles. The molecular weight excluding hydrogens is 406 g/mol. The number of hydrogen-bond donors (Lipinski definition) is 1. The number of rotatable bonds is 5. The van der Waals surface area contributed by atoms with Crippen molar-refractivity contribution in [2.75, 3.05) is 24.5 Å². The molecule has 0 radical (unpaired) electrons. The summed E-state index contributed by atoms with van der Waals surface area (Å²) < 4.78 is 1.79. The monoisotopic (exact) mass is 431 g/mol. The molecule has 9 nitrogen and oxygen atoms in total. The SMILES string of the molecule is O=C1CCN(c2cnn3ccc(CN4C[C@@H]5C[C@H]4CN5Cc4cccnc4)cc23)C(=O)N1. The molecule has 3 fully saturated rings. The largest absolute Gasteiger partial charge is 0.328 e. The minimum Gasteiger partial charge on any atom is -0.293 e. The Labute approximate surface area is 185 Å². The van der Waals surface area contributed by atoms with Crippen LogP contribution in [0.15, 0.2) is 49.1 Å². The third-order valence-corrected chi connectivity index (χ3v) is 6.87. The summed E-state index contributed by atoms with van der Waals surface area (Å²) in [6, 6.07) is 9.14. The second-order valence-electron chi connectivity index (χ2n) is 8.91. The van der Waals surface area contributed by atoms with E-state index in [0.717, 1.165) is 37.4 Å². The van der Waals surface area contributed by atoms with Crippen molar-refractivity contribution in [3.63, 3.8) is 0 Å². The van der Waals surface area contributed by atoms with Gasteiger partial charge in [0.1, 0.15) is 0 Å². The van der Waals surface area contributed by atoms with Gasteiger partial charge in [0.25, 0.3) is 0 Å². The first-order valence-corrected chi connectivity index (χ1v) is 11.1. The van der Waals surface area contributed by atoms with E-state index in [9.17, 15) is 9.59 Å². The van der Waals surface area contributed by atoms with E-state index in [4.69, 9.17) is 0 Å². The Morgan fingerprint density at radius 2 is 1.84 bits per heavy atom. The van der Waals surface area contributed by atoms with Crippen molar-refractivity contribution in [3.05, 3.63) is 60.2 Å². The standard InChI is InChI=1S/C23H25N7O2/c31-22-4-6-29(23(32)26-22)21-11-25-30-7-3-16(8-20(21)30)12-27-14-19-9-18(27)15-28(19)13-17-2-1-5-24-10-17/h1-3,5,7-8,10-11,18-19H,4,6,9,12-15H2,(H,26,31,32)/t18-,19-/m0/s1. The summed E-state index contributed by atoms with van der Waals surface area (Å²) in [7, 11) is 0. The predicted octanol–water partition coefficient (Wildman–Crippen LogP) is 1.63. The zero-order chi connectivity index (χ0) is 21.7. The first kappa shape index (κ1) is 19.4. The lowest BCUT2D eigenvalue weighted by atomic mass is 10.2. The first-order chi connectivity index (χ1) is 15.6. The van der Waals surface area contributed by atoms with Gasteiger partial charge in [-0.15, -0.1) is 0 Å². The van der Waals surface area contributed by atoms with Crippen molar-refractivity contribution in [1.29, 1.82) is 0 Å². The lowest BCUT2D eigenvalue weighted by molar-refractivity contribution is -0.120. The molecule has 164 valence electrons. The number of amides is 3. The highest BCUT2D eigenvalue weighted by atomic mass is 16.2. The number of carbonyl (C=O) groups is 2. The van der Waals surface area contributed by atoms with Gasteiger partial charge in [-0.1, -0.05) is 6.07 Å². The number of fused-ring (bicyclic) bond motifs is 3. The van der Waals surface area contributed by atoms with Gasteiger partial charge in [0.15, 0.2) is 0 Å². The number of carbonyl (C=O) groups excluding carboxylic acids is 2. The number of nitrogens with zero attached hydrogens (tertiary/aromatic N) is 6. The van der Waals surface area contributed by atoms with Crippen LogP contribution >= 0.6 is 0 Å². The summed E-state index contributed by atoms with van der Waals surface area (Å²) >= 11 is 0. The summed E-state index contributed by atoms with van der Waals surface area (Å²) in [5, 5.41) is 6.78. The highest BCUT2D eigenvalue weighted by molar-refractivity contribution is 6.07. The highest BCUT2D eigenvalue weighted by Crippen LogP contribution is 2.33. The second kappa shape index (κ2) is 7.68. The number of nitrogens with one attached hydrogen (secondary N) is 1. The predicted molar refractivity (Wildman–Crippen MR) is 118 cm³/mol. The second-order valence-corrected chi connectivity index (χ2v) is 8.91. The van der Waals surface area contributed by atoms with E-state index in [1.54, 1.807) is 15.6 Å². The fourth-order valence-corrected chi connectivity index (χ4v) is 5.29. The van der Waals surface area contributed by atoms with Crippen molar-refractivity contribution in [3.8, 4) is 0 Å². The van der Waals surface area contributed by atoms with Crippen LogP contribution in [0.5, 0.6) is 0 Å². The maximum atomic E-state index is 12.3. The van der Waals surface area contributed by atoms with Crippen LogP contribution in [-0.4, -0.2) is 68.1 Å². The molecule has 3 aliphatic rings. The van der Waals surface area contributed by atoms with E-state index in [-0.39, 0.29) is 11.9 Å². The number of hydrogen-bond acceptors (Lipinski definition) is 6. The molecule has 0 aliphatic carbocycles. The average molecular weight is 432 g/mol. The van der Waals surface area contributed by atoms with Gasteiger partial charge >= 0.3 is 6.03 Å². The molecule has 0 spiro atoms. The Morgan fingerprint density at radius 1 is 1.03 bits per heavy atom. The Morgan fingerprint density at radius 3 is 2.56 bits per heavy atom. The van der Waals surface area contributed by atoms with Crippen LogP contribution in [0.4, 0.5) is 10.5 Å². The topological polar surface area (TPSA) is 86.1 Å². The summed E-state index contributed by atoms with van der Waals surface area (Å²) in [5.41, 5.74) is 4.10. The lowest BCUT2D eigenvalue weighted by Gasteiger charge is -2.34. The van der Waals surface area contributed by atoms with Gasteiger partial charge in [-0.25, -0.2) is 9.31 Å². The molecule has 3 saturated heterocycles. The Hall–Kier alpha value is -3.30. The molecule has 6 rings (SSSR count). The van der Waals surface area contributed by atoms with Crippen LogP contribution in [0.3, 0.4) is 0 Å². The summed E-state index contributed by atoms with van der Waals surface area (Å²) in [6.07, 6.45) is 8.94. The number of pyridine rings is 2. The number of urea groups is 1. The van der Waals surface area contributed by atoms with E-state index in [2.05, 4.69) is 43.4 Å². The summed E-state index contributed by atoms with van der Waals surface area (Å²) in [6.45, 7) is 4.38. The van der Waals surface area contributed by atoms with Gasteiger partial charge in [-0.2, -0.15) is 5.10 Å². The molecule has 0 saturated carbocycles. The third kappa shape index (κ3) is 3.43. The van der Waals surface area contributed by atoms with Crippen LogP contribution in [0, 0.1) is 0 Å². The maximum absolute atomic E-state index is 12.3. The van der Waals surface area contributed by atoms with Gasteiger partial charge in [-0.3, -0.25) is 29.8 Å². The molecule has 0 unspecified atom stereocenters. The number of likely N-dealkylation sites (tertiary alicyclic amines) is 2. The number of imide groups is 1. The van der Waals surface area contributed by atoms with Crippen molar-refractivity contribution in [2.24, 2.45) is 0 Å². The van der Waals surface area contributed by atoms with Crippen LogP contribution < -0.4 is 10.2 Å². The zero-order valence-corrected chi connectivity index (χ0v) is 17.7. The minimum absolute atomic E-state index is 0.231. The first-order valence-electron chi connectivity index (χ1n) is 11.1. The maximum Gasteiger partial charge on any atom is 0.328 e. The van der Waals surface area contributed by atoms with E-state index in [1.165, 1.54) is 17.5 Å². The molecule has 32 heavy (non-hydrogen) atoms. The van der Waals surface area contributed by atoms with E-state index < -0.39 is 0 Å². The van der Waals surface area contributed by atoms with E-state index in [0.29, 0.717) is 25.0 Å². The van der Waals surface area contributed by atoms with Crippen LogP contribution in [0.25, 0.3) is 5.52 Å². The average Bonchev–Trinajstić information content (AvgIpc) is 3.49. The Kier molecular flexibility index (Phi) is 4.65. The van der Waals surface area contributed by atoms with Gasteiger partial charge in [0.05, 0.1) is 17.4 Å². The zero-order valence-electron chi connectivity index (χ0n) is 17.7. The Bertz CT molecular complexity index is 1180. The summed E-state index contributed by atoms with van der Waals surface area (Å²) in [5.74, 6) is -0.231. The Balaban J connectivity index is 1.16. The van der Waals surface area contributed by atoms with Crippen LogP contribution in [0.1, 0.15) is 24.0 Å². The normalized spacial score (nSPS) is 23.9. The van der Waals surface area contributed by atoms with E-state index in [1.807, 2.05) is 24.7 Å². The molecule has 0 aromatic carbocycles. The quantitative estimate of drug-likeness (QED) is 0.661. The molecule has 6 heterocycles. The molecule has 3 amide bonds. The lowest BCUT2D eigenvalue weighted by Crippen LogP contribution is -2.49. The molecule has 2 bridgehead atoms. The number of aromatic nitrogens is 3. The van der Waals surface area contributed by atoms with Crippen LogP contribution in [0.2, 0.25) is 0 Å². The highest BCUT2D eigenvalue weighted by Gasteiger charge is 2.42. The molecular formula is C23H25N7O2. The molecule has 3 aliphatic heterocycles. The molecule has 9 heteroatoms. The van der Waals surface area contributed by atoms with Crippen molar-refractivity contribution < 1.29 is 9.59 Å². The van der Waals surface area contributed by atoms with Gasteiger partial charge in [-0.05, 0) is 35.7 Å². The molecule has 1 N–H and O–H groups in total. The van der Waals surface area contributed by atoms with Gasteiger partial charge in [0, 0.05) is 69.8 Å². The smallest absolute Gasteiger partial charge is 0.293 e. The third-order valence-electron chi connectivity index (χ3n) is 6.87. The minimum atomic E-state index is -0.382. The van der Waals surface area contributed by atoms with Crippen LogP contribution in [-0.2, 0) is 17.9 Å². The molecule has 3 aromatic rings. The fraction of sp³-hybridized carbons (Fsp3) is 0.391. The van der Waals surface area contributed by atoms with Crippen molar-refractivity contribution in [2.45, 2.75) is 38.0 Å². The van der Waals surface area contributed by atoms with Crippen molar-refractivity contribution >= 4 is 23.1 Å².